The first-order valence-corrected chi connectivity index (χ1v) is 10.1. The molecule has 0 unspecified atom stereocenters. The first-order valence-electron chi connectivity index (χ1n) is 9.71. The van der Waals surface area contributed by atoms with E-state index in [0.717, 1.165) is 30.5 Å². The number of anilines is 1. The largest absolute Gasteiger partial charge is 0.465 e. The van der Waals surface area contributed by atoms with Gasteiger partial charge in [-0.3, -0.25) is 4.98 Å². The molecule has 1 saturated carbocycles. The van der Waals surface area contributed by atoms with Gasteiger partial charge in [0.25, 0.3) is 12.4 Å². The summed E-state index contributed by atoms with van der Waals surface area (Å²) in [6.45, 7) is 0. The molecule has 1 aliphatic heterocycles. The van der Waals surface area contributed by atoms with Crippen LogP contribution in [-0.2, 0) is 10.3 Å². The lowest BCUT2D eigenvalue weighted by atomic mass is 9.84. The van der Waals surface area contributed by atoms with E-state index in [9.17, 15) is 31.1 Å². The zero-order valence-electron chi connectivity index (χ0n) is 16.8. The van der Waals surface area contributed by atoms with Crippen LogP contribution in [0.3, 0.4) is 0 Å². The highest BCUT2D eigenvalue weighted by Crippen LogP contribution is 2.56. The predicted molar refractivity (Wildman–Crippen MR) is 107 cm³/mol. The lowest BCUT2D eigenvalue weighted by molar-refractivity contribution is -0.144. The number of hydrogen-bond acceptors (Lipinski definition) is 5. The van der Waals surface area contributed by atoms with Crippen LogP contribution in [0.4, 0.5) is 36.8 Å². The first kappa shape index (κ1) is 23.9. The number of amides is 1. The number of nitrogens with one attached hydrogen (secondary N) is 2. The van der Waals surface area contributed by atoms with Gasteiger partial charge in [0.1, 0.15) is 11.9 Å². The van der Waals surface area contributed by atoms with Crippen LogP contribution < -0.4 is 10.6 Å². The maximum atomic E-state index is 14.8. The molecule has 4 rings (SSSR count). The molecule has 1 amide bonds. The van der Waals surface area contributed by atoms with Gasteiger partial charge in [0.2, 0.25) is 0 Å². The molecule has 34 heavy (non-hydrogen) atoms. The summed E-state index contributed by atoms with van der Waals surface area (Å²) >= 11 is 5.68. The molecular formula is C20H15ClF6N4O3. The summed E-state index contributed by atoms with van der Waals surface area (Å²) < 4.78 is 90.0. The number of halogens is 7. The van der Waals surface area contributed by atoms with Gasteiger partial charge in [-0.2, -0.15) is 13.2 Å². The van der Waals surface area contributed by atoms with Crippen molar-refractivity contribution < 1.29 is 41.0 Å². The Balaban J connectivity index is 1.76. The van der Waals surface area contributed by atoms with Crippen molar-refractivity contribution in [3.05, 3.63) is 58.6 Å². The molecule has 2 heterocycles. The van der Waals surface area contributed by atoms with E-state index in [0.29, 0.717) is 0 Å². The molecule has 2 aliphatic rings. The summed E-state index contributed by atoms with van der Waals surface area (Å²) in [5.41, 5.74) is -4.04. The summed E-state index contributed by atoms with van der Waals surface area (Å²) in [6.07, 6.45) is -9.63. The molecule has 1 aromatic heterocycles. The average Bonchev–Trinajstić information content (AvgIpc) is 3.52. The van der Waals surface area contributed by atoms with Crippen LogP contribution in [-0.4, -0.2) is 40.9 Å². The van der Waals surface area contributed by atoms with Gasteiger partial charge in [-0.25, -0.2) is 28.3 Å². The minimum atomic E-state index is -4.85. The van der Waals surface area contributed by atoms with Crippen molar-refractivity contribution in [2.24, 2.45) is 10.9 Å². The van der Waals surface area contributed by atoms with Crippen LogP contribution >= 0.6 is 11.6 Å². The third-order valence-corrected chi connectivity index (χ3v) is 5.70. The monoisotopic (exact) mass is 508 g/mol. The molecule has 14 heteroatoms. The molecule has 0 bridgehead atoms. The molecule has 1 aliphatic carbocycles. The molecule has 4 atom stereocenters. The van der Waals surface area contributed by atoms with Gasteiger partial charge in [-0.05, 0) is 36.8 Å². The minimum absolute atomic E-state index is 0.0234. The number of pyridine rings is 1. The van der Waals surface area contributed by atoms with Gasteiger partial charge in [0, 0.05) is 23.4 Å². The lowest BCUT2D eigenvalue weighted by Crippen LogP contribution is -2.45. The topological polar surface area (TPSA) is 95.8 Å². The number of hydrogen-bond donors (Lipinski definition) is 3. The Kier molecular flexibility index (Phi) is 6.00. The highest BCUT2D eigenvalue weighted by molar-refractivity contribution is 6.30. The third-order valence-electron chi connectivity index (χ3n) is 5.48. The Morgan fingerprint density at radius 2 is 2.00 bits per heavy atom. The van der Waals surface area contributed by atoms with Crippen molar-refractivity contribution in [3.63, 3.8) is 0 Å². The minimum Gasteiger partial charge on any atom is -0.465 e. The van der Waals surface area contributed by atoms with Gasteiger partial charge in [-0.15, -0.1) is 0 Å². The second-order valence-corrected chi connectivity index (χ2v) is 8.12. The number of alkyl halides is 5. The van der Waals surface area contributed by atoms with Crippen LogP contribution in [0, 0.1) is 11.7 Å². The summed E-state index contributed by atoms with van der Waals surface area (Å²) in [4.78, 5) is 18.3. The van der Waals surface area contributed by atoms with Crippen LogP contribution in [0.5, 0.6) is 0 Å². The van der Waals surface area contributed by atoms with Gasteiger partial charge in [0.15, 0.2) is 11.6 Å². The summed E-state index contributed by atoms with van der Waals surface area (Å²) in [5, 5.41) is 12.9. The molecule has 3 N–H and O–H groups in total. The van der Waals surface area contributed by atoms with E-state index in [2.05, 4.69) is 15.3 Å². The lowest BCUT2D eigenvalue weighted by Gasteiger charge is -2.34. The van der Waals surface area contributed by atoms with E-state index in [1.165, 1.54) is 6.07 Å². The number of amidine groups is 1. The molecule has 1 fully saturated rings. The smallest absolute Gasteiger partial charge is 0.414 e. The number of carboxylic acid groups (broad SMARTS) is 1. The number of rotatable bonds is 5. The Hall–Kier alpha value is -3.22. The normalized spacial score (nSPS) is 24.5. The molecular weight excluding hydrogens is 494 g/mol. The van der Waals surface area contributed by atoms with Crippen molar-refractivity contribution in [1.82, 2.24) is 10.3 Å². The Labute approximate surface area is 192 Å². The maximum absolute atomic E-state index is 14.8. The number of nitrogens with zero attached hydrogens (tertiary/aromatic N) is 2. The van der Waals surface area contributed by atoms with E-state index in [-0.39, 0.29) is 17.1 Å². The molecule has 1 aromatic carbocycles. The van der Waals surface area contributed by atoms with Crippen molar-refractivity contribution >= 4 is 29.4 Å². The van der Waals surface area contributed by atoms with E-state index in [4.69, 9.17) is 21.4 Å². The molecule has 0 saturated heterocycles. The fraction of sp³-hybridized carbons (Fsp3) is 0.350. The number of benzene rings is 1. The van der Waals surface area contributed by atoms with Gasteiger partial charge >= 0.3 is 12.3 Å². The SMILES string of the molecule is O=C(O)NC1=N[C@@](c2cc(N[C@H](c3ccc(Cl)cn3)C(F)(F)F)ccc2F)(C(F)F)[C@H]2C[C@H]2O1. The Morgan fingerprint density at radius 1 is 1.26 bits per heavy atom. The zero-order valence-corrected chi connectivity index (χ0v) is 17.5. The second-order valence-electron chi connectivity index (χ2n) is 7.69. The highest BCUT2D eigenvalue weighted by Gasteiger charge is 2.64. The predicted octanol–water partition coefficient (Wildman–Crippen LogP) is 5.09. The van der Waals surface area contributed by atoms with E-state index >= 15 is 0 Å². The summed E-state index contributed by atoms with van der Waals surface area (Å²) in [5.74, 6) is -2.15. The average molecular weight is 509 g/mol. The highest BCUT2D eigenvalue weighted by atomic mass is 35.5. The molecule has 182 valence electrons. The number of fused-ring (bicyclic) bond motifs is 1. The van der Waals surface area contributed by atoms with Gasteiger partial charge in [0.05, 0.1) is 10.7 Å². The second kappa shape index (κ2) is 8.53. The van der Waals surface area contributed by atoms with Crippen molar-refractivity contribution in [1.29, 1.82) is 0 Å². The van der Waals surface area contributed by atoms with Crippen LogP contribution in [0.15, 0.2) is 41.5 Å². The fourth-order valence-electron chi connectivity index (χ4n) is 3.89. The summed E-state index contributed by atoms with van der Waals surface area (Å²) in [6, 6.07) is 1.63. The number of aliphatic imine (C=N–C) groups is 1. The number of aromatic nitrogens is 1. The van der Waals surface area contributed by atoms with Gasteiger partial charge in [-0.1, -0.05) is 11.6 Å². The van der Waals surface area contributed by atoms with Gasteiger partial charge < -0.3 is 15.2 Å². The Morgan fingerprint density at radius 3 is 2.59 bits per heavy atom. The van der Waals surface area contributed by atoms with Crippen LogP contribution in [0.25, 0.3) is 0 Å². The molecule has 7 nitrogen and oxygen atoms in total. The quantitative estimate of drug-likeness (QED) is 0.489. The fourth-order valence-corrected chi connectivity index (χ4v) is 4.00. The standard InChI is InChI=1S/C20H15ClF6N4O3/c21-8-1-4-13(28-7-8)15(20(25,26)27)29-9-2-3-12(22)10(5-9)19(16(23)24)11-6-14(11)34-17(31-19)30-18(32)33/h1-5,7,11,14-16,29H,6H2,(H,30,31)(H,32,33)/t11-,14+,15+,19+/m0/s1. The Bertz CT molecular complexity index is 1130. The number of carbonyl (C=O) groups is 1. The van der Waals surface area contributed by atoms with Crippen molar-refractivity contribution in [2.45, 2.75) is 36.7 Å². The molecule has 2 aromatic rings. The van der Waals surface area contributed by atoms with Crippen molar-refractivity contribution in [3.8, 4) is 0 Å². The zero-order chi connectivity index (χ0) is 24.8. The molecule has 0 spiro atoms. The third kappa shape index (κ3) is 4.43. The summed E-state index contributed by atoms with van der Waals surface area (Å²) in [7, 11) is 0. The van der Waals surface area contributed by atoms with Crippen LogP contribution in [0.2, 0.25) is 5.02 Å². The van der Waals surface area contributed by atoms with E-state index in [1.807, 2.05) is 0 Å². The number of ether oxygens (including phenoxy) is 1. The van der Waals surface area contributed by atoms with Crippen LogP contribution in [0.1, 0.15) is 23.7 Å². The molecule has 0 radical (unpaired) electrons. The van der Waals surface area contributed by atoms with E-state index < -0.39 is 65.4 Å². The van der Waals surface area contributed by atoms with E-state index in [1.54, 1.807) is 5.32 Å². The maximum Gasteiger partial charge on any atom is 0.414 e. The van der Waals surface area contributed by atoms with Crippen molar-refractivity contribution in [2.75, 3.05) is 5.32 Å². The first-order chi connectivity index (χ1) is 15.9.